The van der Waals surface area contributed by atoms with E-state index in [2.05, 4.69) is 5.32 Å². The van der Waals surface area contributed by atoms with Gasteiger partial charge in [-0.2, -0.15) is 0 Å². The summed E-state index contributed by atoms with van der Waals surface area (Å²) in [4.78, 5) is 36.8. The van der Waals surface area contributed by atoms with E-state index in [0.717, 1.165) is 18.4 Å². The molecule has 8 heteroatoms. The number of nitrogens with zero attached hydrogens (tertiary/aromatic N) is 2. The van der Waals surface area contributed by atoms with Gasteiger partial charge in [-0.1, -0.05) is 13.3 Å². The number of carbonyl (C=O) groups excluding carboxylic acids is 2. The van der Waals surface area contributed by atoms with E-state index in [1.165, 1.54) is 6.07 Å². The van der Waals surface area contributed by atoms with E-state index in [0.29, 0.717) is 56.8 Å². The third-order valence-corrected chi connectivity index (χ3v) is 5.20. The summed E-state index contributed by atoms with van der Waals surface area (Å²) in [6, 6.07) is 3.26. The number of amides is 1. The predicted molar refractivity (Wildman–Crippen MR) is 101 cm³/mol. The van der Waals surface area contributed by atoms with Crippen molar-refractivity contribution < 1.29 is 19.2 Å². The van der Waals surface area contributed by atoms with E-state index in [-0.39, 0.29) is 23.5 Å². The van der Waals surface area contributed by atoms with E-state index in [4.69, 9.17) is 4.74 Å². The van der Waals surface area contributed by atoms with E-state index in [1.54, 1.807) is 0 Å². The number of unbranched alkanes of at least 4 members (excludes halogenated alkanes) is 1. The van der Waals surface area contributed by atoms with Gasteiger partial charge in [0.1, 0.15) is 5.69 Å². The van der Waals surface area contributed by atoms with E-state index < -0.39 is 4.92 Å². The molecule has 1 amide bonds. The highest BCUT2D eigenvalue weighted by Gasteiger charge is 2.31. The zero-order valence-electron chi connectivity index (χ0n) is 15.5. The number of nitro groups is 1. The van der Waals surface area contributed by atoms with Crippen LogP contribution in [0.25, 0.3) is 0 Å². The molecule has 1 aromatic carbocycles. The molecule has 3 rings (SSSR count). The van der Waals surface area contributed by atoms with Crippen molar-refractivity contribution >= 4 is 28.9 Å². The summed E-state index contributed by atoms with van der Waals surface area (Å²) in [6.45, 7) is 3.64. The van der Waals surface area contributed by atoms with Gasteiger partial charge in [-0.05, 0) is 37.3 Å². The van der Waals surface area contributed by atoms with Crippen LogP contribution >= 0.6 is 0 Å². The molecule has 27 heavy (non-hydrogen) atoms. The molecule has 0 atom stereocenters. The molecule has 2 heterocycles. The van der Waals surface area contributed by atoms with Gasteiger partial charge in [0.2, 0.25) is 5.91 Å². The van der Waals surface area contributed by atoms with Crippen LogP contribution in [-0.2, 0) is 20.7 Å². The topological polar surface area (TPSA) is 102 Å². The number of aryl methyl sites for hydroxylation is 1. The monoisotopic (exact) mass is 375 g/mol. The molecule has 0 aliphatic carbocycles. The Bertz CT molecular complexity index is 741. The molecule has 0 spiro atoms. The van der Waals surface area contributed by atoms with E-state index >= 15 is 0 Å². The second-order valence-electron chi connectivity index (χ2n) is 7.09. The Labute approximate surface area is 158 Å². The summed E-state index contributed by atoms with van der Waals surface area (Å²) in [5, 5.41) is 14.3. The normalized spacial score (nSPS) is 17.2. The van der Waals surface area contributed by atoms with Gasteiger partial charge in [-0.15, -0.1) is 0 Å². The average Bonchev–Trinajstić information content (AvgIpc) is 2.67. The Balaban J connectivity index is 1.71. The minimum Gasteiger partial charge on any atom is -0.465 e. The quantitative estimate of drug-likeness (QED) is 0.355. The molecule has 0 radical (unpaired) electrons. The third-order valence-electron chi connectivity index (χ3n) is 5.20. The minimum atomic E-state index is -0.415. The van der Waals surface area contributed by atoms with Gasteiger partial charge < -0.3 is 15.0 Å². The first-order chi connectivity index (χ1) is 13.0. The number of rotatable bonds is 6. The highest BCUT2D eigenvalue weighted by Crippen LogP contribution is 2.38. The summed E-state index contributed by atoms with van der Waals surface area (Å²) < 4.78 is 5.30. The predicted octanol–water partition coefficient (Wildman–Crippen LogP) is 3.04. The Morgan fingerprint density at radius 2 is 2.07 bits per heavy atom. The standard InChI is InChI=1S/C19H25N3O5/c1-2-3-10-27-19(24)13-6-8-21(9-7-13)16-11-14-4-5-18(23)20-15(14)12-17(16)22(25)26/h11-13H,2-10H2,1H3,(H,20,23). The van der Waals surface area contributed by atoms with Gasteiger partial charge in [0.15, 0.2) is 0 Å². The van der Waals surface area contributed by atoms with Crippen molar-refractivity contribution in [1.82, 2.24) is 0 Å². The highest BCUT2D eigenvalue weighted by atomic mass is 16.6. The molecule has 2 aliphatic heterocycles. The number of nitrogens with one attached hydrogen (secondary N) is 1. The fraction of sp³-hybridized carbons (Fsp3) is 0.579. The SMILES string of the molecule is CCCCOC(=O)C1CCN(c2cc3c(cc2[N+](=O)[O-])NC(=O)CC3)CC1. The Kier molecular flexibility index (Phi) is 5.93. The van der Waals surface area contributed by atoms with Crippen molar-refractivity contribution in [1.29, 1.82) is 0 Å². The first-order valence-corrected chi connectivity index (χ1v) is 9.52. The number of fused-ring (bicyclic) bond motifs is 1. The summed E-state index contributed by atoms with van der Waals surface area (Å²) in [7, 11) is 0. The van der Waals surface area contributed by atoms with Crippen molar-refractivity contribution in [3.8, 4) is 0 Å². The third kappa shape index (κ3) is 4.37. The zero-order valence-corrected chi connectivity index (χ0v) is 15.5. The van der Waals surface area contributed by atoms with Crippen molar-refractivity contribution in [2.45, 2.75) is 45.4 Å². The maximum atomic E-state index is 12.1. The van der Waals surface area contributed by atoms with Crippen LogP contribution in [0.2, 0.25) is 0 Å². The summed E-state index contributed by atoms with van der Waals surface area (Å²) in [5.74, 6) is -0.424. The first-order valence-electron chi connectivity index (χ1n) is 9.52. The van der Waals surface area contributed by atoms with Crippen LogP contribution in [-0.4, -0.2) is 36.5 Å². The molecule has 0 unspecified atom stereocenters. The number of anilines is 2. The molecule has 1 saturated heterocycles. The van der Waals surface area contributed by atoms with E-state index in [1.807, 2.05) is 17.9 Å². The fourth-order valence-electron chi connectivity index (χ4n) is 3.59. The number of hydrogen-bond donors (Lipinski definition) is 1. The van der Waals surface area contributed by atoms with Crippen molar-refractivity contribution in [3.63, 3.8) is 0 Å². The number of nitro benzene ring substituents is 1. The maximum absolute atomic E-state index is 12.1. The molecule has 8 nitrogen and oxygen atoms in total. The lowest BCUT2D eigenvalue weighted by molar-refractivity contribution is -0.384. The van der Waals surface area contributed by atoms with Crippen LogP contribution in [0.3, 0.4) is 0 Å². The second-order valence-corrected chi connectivity index (χ2v) is 7.09. The molecule has 2 aliphatic rings. The number of ether oxygens (including phenoxy) is 1. The molecule has 1 fully saturated rings. The lowest BCUT2D eigenvalue weighted by atomic mass is 9.95. The number of esters is 1. The Morgan fingerprint density at radius 3 is 2.74 bits per heavy atom. The zero-order chi connectivity index (χ0) is 19.4. The van der Waals surface area contributed by atoms with Crippen molar-refractivity contribution in [3.05, 3.63) is 27.8 Å². The smallest absolute Gasteiger partial charge is 0.309 e. The molecular formula is C19H25N3O5. The lowest BCUT2D eigenvalue weighted by Gasteiger charge is -2.33. The summed E-state index contributed by atoms with van der Waals surface area (Å²) in [5.41, 5.74) is 1.99. The lowest BCUT2D eigenvalue weighted by Crippen LogP contribution is -2.37. The Morgan fingerprint density at radius 1 is 1.33 bits per heavy atom. The Hall–Kier alpha value is -2.64. The van der Waals surface area contributed by atoms with Gasteiger partial charge >= 0.3 is 5.97 Å². The average molecular weight is 375 g/mol. The van der Waals surface area contributed by atoms with Crippen molar-refractivity contribution in [2.75, 3.05) is 29.9 Å². The van der Waals surface area contributed by atoms with Crippen LogP contribution in [0, 0.1) is 16.0 Å². The van der Waals surface area contributed by atoms with Crippen LogP contribution in [0.1, 0.15) is 44.6 Å². The van der Waals surface area contributed by atoms with Gasteiger partial charge in [-0.25, -0.2) is 0 Å². The molecule has 1 aromatic rings. The highest BCUT2D eigenvalue weighted by molar-refractivity contribution is 5.95. The first kappa shape index (κ1) is 19.1. The fourth-order valence-corrected chi connectivity index (χ4v) is 3.59. The molecular weight excluding hydrogens is 350 g/mol. The van der Waals surface area contributed by atoms with Gasteiger partial charge in [0.05, 0.1) is 23.1 Å². The number of hydrogen-bond acceptors (Lipinski definition) is 6. The maximum Gasteiger partial charge on any atom is 0.309 e. The van der Waals surface area contributed by atoms with Gasteiger partial charge in [-0.3, -0.25) is 19.7 Å². The number of piperidine rings is 1. The van der Waals surface area contributed by atoms with Crippen molar-refractivity contribution in [2.24, 2.45) is 5.92 Å². The second kappa shape index (κ2) is 8.37. The largest absolute Gasteiger partial charge is 0.465 e. The van der Waals surface area contributed by atoms with Gasteiger partial charge in [0.25, 0.3) is 5.69 Å². The number of carbonyl (C=O) groups is 2. The van der Waals surface area contributed by atoms with Gasteiger partial charge in [0, 0.05) is 25.6 Å². The summed E-state index contributed by atoms with van der Waals surface area (Å²) in [6.07, 6.45) is 4.05. The van der Waals surface area contributed by atoms with Crippen LogP contribution < -0.4 is 10.2 Å². The molecule has 1 N–H and O–H groups in total. The molecule has 0 saturated carbocycles. The molecule has 146 valence electrons. The summed E-state index contributed by atoms with van der Waals surface area (Å²) >= 11 is 0. The van der Waals surface area contributed by atoms with Crippen LogP contribution in [0.4, 0.5) is 17.1 Å². The molecule has 0 aromatic heterocycles. The van der Waals surface area contributed by atoms with Crippen LogP contribution in [0.5, 0.6) is 0 Å². The van der Waals surface area contributed by atoms with Crippen LogP contribution in [0.15, 0.2) is 12.1 Å². The van der Waals surface area contributed by atoms with E-state index in [9.17, 15) is 19.7 Å². The minimum absolute atomic E-state index is 0.0140. The molecule has 0 bridgehead atoms. The number of benzene rings is 1.